The third-order valence-corrected chi connectivity index (χ3v) is 2.80. The van der Waals surface area contributed by atoms with Gasteiger partial charge in [0.05, 0.1) is 0 Å². The van der Waals surface area contributed by atoms with Crippen LogP contribution < -0.4 is 5.32 Å². The van der Waals surface area contributed by atoms with Crippen LogP contribution in [0.3, 0.4) is 0 Å². The van der Waals surface area contributed by atoms with Gasteiger partial charge in [0.25, 0.3) is 0 Å². The maximum atomic E-state index is 12.1. The van der Waals surface area contributed by atoms with Crippen LogP contribution in [0.15, 0.2) is 54.6 Å². The highest BCUT2D eigenvalue weighted by molar-refractivity contribution is 5.99. The lowest BCUT2D eigenvalue weighted by molar-refractivity contribution is -0.159. The van der Waals surface area contributed by atoms with E-state index < -0.39 is 23.9 Å². The highest BCUT2D eigenvalue weighted by Gasteiger charge is 2.25. The van der Waals surface area contributed by atoms with Gasteiger partial charge >= 0.3 is 11.9 Å². The Kier molecular flexibility index (Phi) is 6.25. The first-order valence-corrected chi connectivity index (χ1v) is 6.73. The maximum Gasteiger partial charge on any atom is 0.340 e. The zero-order valence-electron chi connectivity index (χ0n) is 12.7. The Morgan fingerprint density at radius 1 is 1.09 bits per heavy atom. The molecule has 1 N–H and O–H groups in total. The molecule has 1 unspecified atom stereocenters. The molecule has 0 fully saturated rings. The van der Waals surface area contributed by atoms with E-state index in [0.29, 0.717) is 0 Å². The Hall–Kier alpha value is -2.69. The molecule has 1 aromatic rings. The largest absolute Gasteiger partial charge is 0.388 e. The molecule has 0 aliphatic carbocycles. The second-order valence-electron chi connectivity index (χ2n) is 4.98. The minimum Gasteiger partial charge on any atom is -0.388 e. The molecule has 1 amide bonds. The van der Waals surface area contributed by atoms with E-state index in [1.165, 1.54) is 13.8 Å². The van der Waals surface area contributed by atoms with Crippen molar-refractivity contribution < 1.29 is 19.1 Å². The molecule has 1 atom stereocenters. The maximum absolute atomic E-state index is 12.1. The topological polar surface area (TPSA) is 72.5 Å². The Morgan fingerprint density at radius 2 is 1.68 bits per heavy atom. The van der Waals surface area contributed by atoms with Gasteiger partial charge < -0.3 is 10.1 Å². The number of carbonyl (C=O) groups is 3. The minimum atomic E-state index is -0.977. The smallest absolute Gasteiger partial charge is 0.340 e. The van der Waals surface area contributed by atoms with E-state index in [4.69, 9.17) is 4.74 Å². The van der Waals surface area contributed by atoms with Gasteiger partial charge in [0.2, 0.25) is 5.91 Å². The van der Waals surface area contributed by atoms with Crippen LogP contribution in [0, 0.1) is 0 Å². The van der Waals surface area contributed by atoms with E-state index in [9.17, 15) is 14.4 Å². The molecule has 0 aliphatic heterocycles. The van der Waals surface area contributed by atoms with Crippen molar-refractivity contribution >= 4 is 17.8 Å². The van der Waals surface area contributed by atoms with Crippen molar-refractivity contribution in [3.63, 3.8) is 0 Å². The summed E-state index contributed by atoms with van der Waals surface area (Å²) in [6, 6.07) is 8.12. The molecule has 5 nitrogen and oxygen atoms in total. The third-order valence-electron chi connectivity index (χ3n) is 2.80. The van der Waals surface area contributed by atoms with Gasteiger partial charge in [-0.1, -0.05) is 43.5 Å². The standard InChI is InChI=1S/C17H19NO4/c1-11(2)15(19)18-14(10-13-8-6-5-7-9-13)17(21)22-16(20)12(3)4/h5-9,14H,1,3,10H2,2,4H3,(H,18,19). The molecule has 0 heterocycles. The van der Waals surface area contributed by atoms with Crippen LogP contribution in [0.4, 0.5) is 0 Å². The number of esters is 2. The molecule has 116 valence electrons. The van der Waals surface area contributed by atoms with Gasteiger partial charge in [0.1, 0.15) is 6.04 Å². The van der Waals surface area contributed by atoms with Crippen molar-refractivity contribution in [3.05, 3.63) is 60.2 Å². The van der Waals surface area contributed by atoms with Crippen molar-refractivity contribution in [2.75, 3.05) is 0 Å². The highest BCUT2D eigenvalue weighted by Crippen LogP contribution is 2.07. The average molecular weight is 301 g/mol. The molecule has 5 heteroatoms. The van der Waals surface area contributed by atoms with Crippen molar-refractivity contribution in [1.82, 2.24) is 5.32 Å². The Labute approximate surface area is 129 Å². The molecule has 0 aromatic heterocycles. The number of rotatable bonds is 6. The number of nitrogens with one attached hydrogen (secondary N) is 1. The van der Waals surface area contributed by atoms with E-state index in [1.807, 2.05) is 30.3 Å². The fraction of sp³-hybridized carbons (Fsp3) is 0.235. The highest BCUT2D eigenvalue weighted by atomic mass is 16.6. The molecule has 0 radical (unpaired) electrons. The van der Waals surface area contributed by atoms with Crippen LogP contribution in [0.1, 0.15) is 19.4 Å². The van der Waals surface area contributed by atoms with E-state index in [1.54, 1.807) is 0 Å². The van der Waals surface area contributed by atoms with Crippen LogP contribution in [0.2, 0.25) is 0 Å². The van der Waals surface area contributed by atoms with E-state index in [2.05, 4.69) is 18.5 Å². The average Bonchev–Trinajstić information content (AvgIpc) is 2.47. The number of carbonyl (C=O) groups excluding carboxylic acids is 3. The number of ether oxygens (including phenoxy) is 1. The molecular weight excluding hydrogens is 282 g/mol. The molecule has 0 aliphatic rings. The molecule has 0 bridgehead atoms. The van der Waals surface area contributed by atoms with Crippen molar-refractivity contribution in [2.45, 2.75) is 26.3 Å². The zero-order valence-corrected chi connectivity index (χ0v) is 12.7. The Bertz CT molecular complexity index is 604. The molecule has 0 saturated heterocycles. The van der Waals surface area contributed by atoms with Gasteiger partial charge in [-0.15, -0.1) is 0 Å². The van der Waals surface area contributed by atoms with Gasteiger partial charge in [-0.05, 0) is 19.4 Å². The third kappa shape index (κ3) is 5.36. The zero-order chi connectivity index (χ0) is 16.7. The Balaban J connectivity index is 2.88. The summed E-state index contributed by atoms with van der Waals surface area (Å²) in [5, 5.41) is 2.51. The number of benzene rings is 1. The first-order chi connectivity index (χ1) is 10.3. The monoisotopic (exact) mass is 301 g/mol. The fourth-order valence-electron chi connectivity index (χ4n) is 1.57. The number of hydrogen-bond donors (Lipinski definition) is 1. The molecule has 22 heavy (non-hydrogen) atoms. The normalized spacial score (nSPS) is 11.2. The quantitative estimate of drug-likeness (QED) is 0.495. The molecular formula is C17H19NO4. The number of amides is 1. The Morgan fingerprint density at radius 3 is 2.18 bits per heavy atom. The van der Waals surface area contributed by atoms with Crippen LogP contribution in [0.25, 0.3) is 0 Å². The summed E-state index contributed by atoms with van der Waals surface area (Å²) in [7, 11) is 0. The summed E-state index contributed by atoms with van der Waals surface area (Å²) in [4.78, 5) is 35.3. The van der Waals surface area contributed by atoms with Crippen molar-refractivity contribution in [3.8, 4) is 0 Å². The lowest BCUT2D eigenvalue weighted by Gasteiger charge is -2.17. The first kappa shape index (κ1) is 17.4. The summed E-state index contributed by atoms with van der Waals surface area (Å²) in [5.74, 6) is -2.11. The summed E-state index contributed by atoms with van der Waals surface area (Å²) in [6.07, 6.45) is 0.210. The van der Waals surface area contributed by atoms with Gasteiger partial charge in [0, 0.05) is 17.6 Å². The van der Waals surface area contributed by atoms with Gasteiger partial charge in [-0.25, -0.2) is 9.59 Å². The second kappa shape index (κ2) is 7.93. The SMILES string of the molecule is C=C(C)C(=O)NC(Cc1ccccc1)C(=O)OC(=O)C(=C)C. The fourth-order valence-corrected chi connectivity index (χ4v) is 1.57. The van der Waals surface area contributed by atoms with Crippen molar-refractivity contribution in [2.24, 2.45) is 0 Å². The predicted molar refractivity (Wildman–Crippen MR) is 82.8 cm³/mol. The van der Waals surface area contributed by atoms with E-state index in [0.717, 1.165) is 5.56 Å². The van der Waals surface area contributed by atoms with Crippen LogP contribution in [-0.4, -0.2) is 23.9 Å². The lowest BCUT2D eigenvalue weighted by Crippen LogP contribution is -2.44. The first-order valence-electron chi connectivity index (χ1n) is 6.73. The molecule has 1 aromatic carbocycles. The van der Waals surface area contributed by atoms with Gasteiger partial charge in [-0.3, -0.25) is 4.79 Å². The minimum absolute atomic E-state index is 0.109. The van der Waals surface area contributed by atoms with E-state index >= 15 is 0 Å². The van der Waals surface area contributed by atoms with E-state index in [-0.39, 0.29) is 17.6 Å². The van der Waals surface area contributed by atoms with Crippen LogP contribution in [-0.2, 0) is 25.5 Å². The number of hydrogen-bond acceptors (Lipinski definition) is 4. The summed E-state index contributed by atoms with van der Waals surface area (Å²) in [5.41, 5.74) is 1.20. The molecule has 0 saturated carbocycles. The predicted octanol–water partition coefficient (Wildman–Crippen LogP) is 1.94. The molecule has 1 rings (SSSR count). The van der Waals surface area contributed by atoms with Crippen LogP contribution >= 0.6 is 0 Å². The van der Waals surface area contributed by atoms with Gasteiger partial charge in [-0.2, -0.15) is 0 Å². The lowest BCUT2D eigenvalue weighted by atomic mass is 10.1. The van der Waals surface area contributed by atoms with Crippen molar-refractivity contribution in [1.29, 1.82) is 0 Å². The molecule has 0 spiro atoms. The second-order valence-corrected chi connectivity index (χ2v) is 4.98. The summed E-state index contributed by atoms with van der Waals surface area (Å²) >= 11 is 0. The van der Waals surface area contributed by atoms with Gasteiger partial charge in [0.15, 0.2) is 0 Å². The van der Waals surface area contributed by atoms with Crippen LogP contribution in [0.5, 0.6) is 0 Å². The summed E-state index contributed by atoms with van der Waals surface area (Å²) < 4.78 is 4.71. The summed E-state index contributed by atoms with van der Waals surface area (Å²) in [6.45, 7) is 9.90.